The molecule has 0 spiro atoms. The number of aryl methyl sites for hydroxylation is 2. The molecule has 6 nitrogen and oxygen atoms in total. The fourth-order valence-corrected chi connectivity index (χ4v) is 4.65. The Morgan fingerprint density at radius 3 is 2.34 bits per heavy atom. The number of benzene rings is 3. The molecule has 0 radical (unpaired) electrons. The number of nitrogens with zero attached hydrogens (tertiary/aromatic N) is 2. The van der Waals surface area contributed by atoms with Crippen molar-refractivity contribution in [2.24, 2.45) is 5.10 Å². The second-order valence-corrected chi connectivity index (χ2v) is 10.3. The summed E-state index contributed by atoms with van der Waals surface area (Å²) in [6.07, 6.45) is 1.53. The van der Waals surface area contributed by atoms with E-state index in [1.54, 1.807) is 12.1 Å². The molecule has 0 aromatic heterocycles. The lowest BCUT2D eigenvalue weighted by atomic mass is 10.1. The maximum absolute atomic E-state index is 13.3. The van der Waals surface area contributed by atoms with Gasteiger partial charge in [-0.15, -0.1) is 0 Å². The van der Waals surface area contributed by atoms with Crippen LogP contribution in [0, 0.1) is 13.8 Å². The van der Waals surface area contributed by atoms with Gasteiger partial charge in [0.25, 0.3) is 5.91 Å². The van der Waals surface area contributed by atoms with Gasteiger partial charge in [0, 0.05) is 11.0 Å². The zero-order valence-electron chi connectivity index (χ0n) is 17.8. The summed E-state index contributed by atoms with van der Waals surface area (Å²) >= 11 is 3.31. The summed E-state index contributed by atoms with van der Waals surface area (Å²) in [6, 6.07) is 21.5. The molecule has 0 saturated heterocycles. The van der Waals surface area contributed by atoms with Gasteiger partial charge in [-0.25, -0.2) is 13.8 Å². The van der Waals surface area contributed by atoms with Gasteiger partial charge in [-0.2, -0.15) is 9.41 Å². The largest absolute Gasteiger partial charge is 0.272 e. The van der Waals surface area contributed by atoms with Gasteiger partial charge >= 0.3 is 0 Å². The molecule has 0 saturated carbocycles. The highest BCUT2D eigenvalue weighted by molar-refractivity contribution is 9.10. The SMILES string of the molecule is Cc1ccc(CN(CC(=O)N/N=C\c2cccc(C)c2)S(=O)(=O)c2ccc(Br)cc2)cc1. The van der Waals surface area contributed by atoms with E-state index >= 15 is 0 Å². The molecule has 0 bridgehead atoms. The normalized spacial score (nSPS) is 11.8. The maximum atomic E-state index is 13.3. The van der Waals surface area contributed by atoms with Gasteiger partial charge in [0.15, 0.2) is 0 Å². The van der Waals surface area contributed by atoms with Crippen LogP contribution in [-0.4, -0.2) is 31.4 Å². The Bertz CT molecular complexity index is 1210. The molecule has 0 aliphatic heterocycles. The van der Waals surface area contributed by atoms with Crippen molar-refractivity contribution in [1.82, 2.24) is 9.73 Å². The van der Waals surface area contributed by atoms with Gasteiger partial charge in [-0.05, 0) is 49.2 Å². The lowest BCUT2D eigenvalue weighted by Crippen LogP contribution is -2.39. The molecule has 1 N–H and O–H groups in total. The number of hydrazone groups is 1. The summed E-state index contributed by atoms with van der Waals surface area (Å²) in [5.74, 6) is -0.526. The Hall–Kier alpha value is -2.81. The van der Waals surface area contributed by atoms with Crippen molar-refractivity contribution in [3.63, 3.8) is 0 Å². The van der Waals surface area contributed by atoms with Crippen LogP contribution in [0.2, 0.25) is 0 Å². The van der Waals surface area contributed by atoms with E-state index in [0.29, 0.717) is 0 Å². The summed E-state index contributed by atoms with van der Waals surface area (Å²) in [7, 11) is -3.90. The third kappa shape index (κ3) is 6.59. The number of sulfonamides is 1. The first-order valence-electron chi connectivity index (χ1n) is 9.94. The van der Waals surface area contributed by atoms with Crippen molar-refractivity contribution in [3.8, 4) is 0 Å². The summed E-state index contributed by atoms with van der Waals surface area (Å²) < 4.78 is 28.5. The fourth-order valence-electron chi connectivity index (χ4n) is 3.00. The fraction of sp³-hybridized carbons (Fsp3) is 0.167. The number of halogens is 1. The van der Waals surface area contributed by atoms with E-state index in [9.17, 15) is 13.2 Å². The van der Waals surface area contributed by atoms with Crippen LogP contribution in [0.1, 0.15) is 22.3 Å². The van der Waals surface area contributed by atoms with Crippen molar-refractivity contribution in [2.75, 3.05) is 6.54 Å². The first kappa shape index (κ1) is 23.8. The van der Waals surface area contributed by atoms with Crippen LogP contribution in [0.3, 0.4) is 0 Å². The molecule has 0 heterocycles. The van der Waals surface area contributed by atoms with Crippen LogP contribution in [0.25, 0.3) is 0 Å². The second-order valence-electron chi connectivity index (χ2n) is 7.42. The maximum Gasteiger partial charge on any atom is 0.255 e. The Morgan fingerprint density at radius 2 is 1.69 bits per heavy atom. The van der Waals surface area contributed by atoms with Crippen molar-refractivity contribution in [1.29, 1.82) is 0 Å². The summed E-state index contributed by atoms with van der Waals surface area (Å²) in [6.45, 7) is 3.62. The van der Waals surface area contributed by atoms with Crippen LogP contribution in [0.5, 0.6) is 0 Å². The number of hydrogen-bond acceptors (Lipinski definition) is 4. The van der Waals surface area contributed by atoms with Crippen LogP contribution < -0.4 is 5.43 Å². The average molecular weight is 514 g/mol. The van der Waals surface area contributed by atoms with E-state index in [-0.39, 0.29) is 18.0 Å². The smallest absolute Gasteiger partial charge is 0.255 e. The zero-order chi connectivity index (χ0) is 23.1. The van der Waals surface area contributed by atoms with E-state index < -0.39 is 15.9 Å². The first-order valence-corrected chi connectivity index (χ1v) is 12.2. The van der Waals surface area contributed by atoms with Crippen LogP contribution >= 0.6 is 15.9 Å². The third-order valence-electron chi connectivity index (χ3n) is 4.70. The van der Waals surface area contributed by atoms with Crippen molar-refractivity contribution in [2.45, 2.75) is 25.3 Å². The number of amides is 1. The Morgan fingerprint density at radius 1 is 1.00 bits per heavy atom. The minimum atomic E-state index is -3.90. The molecule has 1 amide bonds. The van der Waals surface area contributed by atoms with Gasteiger partial charge in [0.05, 0.1) is 17.7 Å². The molecular formula is C24H24BrN3O3S. The molecule has 3 rings (SSSR count). The number of hydrogen-bond donors (Lipinski definition) is 1. The minimum absolute atomic E-state index is 0.0632. The highest BCUT2D eigenvalue weighted by Gasteiger charge is 2.27. The molecule has 0 aliphatic rings. The highest BCUT2D eigenvalue weighted by Crippen LogP contribution is 2.21. The molecule has 3 aromatic carbocycles. The monoisotopic (exact) mass is 513 g/mol. The molecule has 0 fully saturated rings. The first-order chi connectivity index (χ1) is 15.2. The quantitative estimate of drug-likeness (QED) is 0.358. The zero-order valence-corrected chi connectivity index (χ0v) is 20.2. The number of rotatable bonds is 8. The molecule has 3 aromatic rings. The molecule has 0 aliphatic carbocycles. The van der Waals surface area contributed by atoms with Crippen LogP contribution in [-0.2, 0) is 21.4 Å². The van der Waals surface area contributed by atoms with Crippen LogP contribution in [0.4, 0.5) is 0 Å². The predicted molar refractivity (Wildman–Crippen MR) is 130 cm³/mol. The summed E-state index contributed by atoms with van der Waals surface area (Å²) in [4.78, 5) is 12.7. The van der Waals surface area contributed by atoms with Gasteiger partial charge in [0.1, 0.15) is 0 Å². The van der Waals surface area contributed by atoms with Crippen molar-refractivity contribution < 1.29 is 13.2 Å². The number of carbonyl (C=O) groups is 1. The second kappa shape index (κ2) is 10.7. The van der Waals surface area contributed by atoms with Gasteiger partial charge in [-0.3, -0.25) is 4.79 Å². The standard InChI is InChI=1S/C24H24BrN3O3S/c1-18-6-8-20(9-7-18)16-28(32(30,31)23-12-10-22(25)11-13-23)17-24(29)27-26-15-21-5-3-4-19(2)14-21/h3-15H,16-17H2,1-2H3,(H,27,29)/b26-15-. The molecule has 0 atom stereocenters. The van der Waals surface area contributed by atoms with E-state index in [1.165, 1.54) is 18.3 Å². The average Bonchev–Trinajstić information content (AvgIpc) is 2.75. The molecule has 32 heavy (non-hydrogen) atoms. The Balaban J connectivity index is 1.79. The van der Waals surface area contributed by atoms with Crippen LogP contribution in [0.15, 0.2) is 87.3 Å². The van der Waals surface area contributed by atoms with Crippen molar-refractivity contribution >= 4 is 38.1 Å². The van der Waals surface area contributed by atoms with Gasteiger partial charge in [-0.1, -0.05) is 75.6 Å². The highest BCUT2D eigenvalue weighted by atomic mass is 79.9. The molecule has 8 heteroatoms. The van der Waals surface area contributed by atoms with E-state index in [1.807, 2.05) is 62.4 Å². The van der Waals surface area contributed by atoms with E-state index in [2.05, 4.69) is 26.5 Å². The minimum Gasteiger partial charge on any atom is -0.272 e. The van der Waals surface area contributed by atoms with Gasteiger partial charge in [0.2, 0.25) is 10.0 Å². The van der Waals surface area contributed by atoms with E-state index in [4.69, 9.17) is 0 Å². The van der Waals surface area contributed by atoms with Gasteiger partial charge < -0.3 is 0 Å². The Labute approximate surface area is 197 Å². The molecule has 166 valence electrons. The lowest BCUT2D eigenvalue weighted by Gasteiger charge is -2.21. The molecule has 0 unspecified atom stereocenters. The predicted octanol–water partition coefficient (Wildman–Crippen LogP) is 4.41. The van der Waals surface area contributed by atoms with Crippen molar-refractivity contribution in [3.05, 3.63) is 99.5 Å². The third-order valence-corrected chi connectivity index (χ3v) is 7.03. The number of nitrogens with one attached hydrogen (secondary N) is 1. The summed E-state index contributed by atoms with van der Waals surface area (Å²) in [5.41, 5.74) is 6.19. The summed E-state index contributed by atoms with van der Waals surface area (Å²) in [5, 5.41) is 3.97. The Kier molecular flexibility index (Phi) is 7.95. The lowest BCUT2D eigenvalue weighted by molar-refractivity contribution is -0.121. The molecular weight excluding hydrogens is 490 g/mol. The van der Waals surface area contributed by atoms with E-state index in [0.717, 1.165) is 31.0 Å². The number of carbonyl (C=O) groups excluding carboxylic acids is 1. The topological polar surface area (TPSA) is 78.8 Å².